The Hall–Kier alpha value is -3.22. The monoisotopic (exact) mass is 409 g/mol. The van der Waals surface area contributed by atoms with E-state index in [0.29, 0.717) is 29.4 Å². The Morgan fingerprint density at radius 3 is 2.40 bits per heavy atom. The van der Waals surface area contributed by atoms with Crippen LogP contribution in [0.2, 0.25) is 0 Å². The SMILES string of the molecule is Cc1ccc2c(COC(=O)[C@H](C)N3C(=O)[C@@H]4CC=CC[C@H]4C3=O)cc(=O)oc2c1C. The van der Waals surface area contributed by atoms with Crippen molar-refractivity contribution in [2.45, 2.75) is 46.3 Å². The molecule has 7 nitrogen and oxygen atoms in total. The van der Waals surface area contributed by atoms with Gasteiger partial charge in [-0.25, -0.2) is 9.59 Å². The summed E-state index contributed by atoms with van der Waals surface area (Å²) in [4.78, 5) is 51.0. The zero-order valence-electron chi connectivity index (χ0n) is 17.1. The average Bonchev–Trinajstić information content (AvgIpc) is 2.99. The van der Waals surface area contributed by atoms with E-state index in [1.807, 2.05) is 38.1 Å². The molecule has 2 heterocycles. The van der Waals surface area contributed by atoms with Crippen LogP contribution >= 0.6 is 0 Å². The second-order valence-corrected chi connectivity index (χ2v) is 7.96. The third kappa shape index (κ3) is 3.24. The van der Waals surface area contributed by atoms with Crippen molar-refractivity contribution in [3.8, 4) is 0 Å². The lowest BCUT2D eigenvalue weighted by atomic mass is 9.85. The largest absolute Gasteiger partial charge is 0.459 e. The normalized spacial score (nSPS) is 21.8. The molecule has 2 aromatic rings. The third-order valence-electron chi connectivity index (χ3n) is 6.16. The summed E-state index contributed by atoms with van der Waals surface area (Å²) in [5.74, 6) is -2.13. The molecule has 0 bridgehead atoms. The van der Waals surface area contributed by atoms with Gasteiger partial charge in [0.1, 0.15) is 18.2 Å². The highest BCUT2D eigenvalue weighted by Crippen LogP contribution is 2.36. The molecule has 0 spiro atoms. The summed E-state index contributed by atoms with van der Waals surface area (Å²) in [6.45, 7) is 5.12. The van der Waals surface area contributed by atoms with Gasteiger partial charge in [-0.3, -0.25) is 14.5 Å². The van der Waals surface area contributed by atoms with Gasteiger partial charge in [0, 0.05) is 17.0 Å². The molecule has 1 aliphatic heterocycles. The predicted molar refractivity (Wildman–Crippen MR) is 108 cm³/mol. The van der Waals surface area contributed by atoms with E-state index >= 15 is 0 Å². The third-order valence-corrected chi connectivity index (χ3v) is 6.16. The first-order valence-corrected chi connectivity index (χ1v) is 10.0. The summed E-state index contributed by atoms with van der Waals surface area (Å²) in [5.41, 5.74) is 2.27. The number of benzene rings is 1. The van der Waals surface area contributed by atoms with Crippen molar-refractivity contribution in [3.63, 3.8) is 0 Å². The molecule has 1 aliphatic carbocycles. The van der Waals surface area contributed by atoms with Crippen LogP contribution in [0.3, 0.4) is 0 Å². The molecule has 1 aromatic heterocycles. The summed E-state index contributed by atoms with van der Waals surface area (Å²) >= 11 is 0. The van der Waals surface area contributed by atoms with Gasteiger partial charge in [0.15, 0.2) is 0 Å². The van der Waals surface area contributed by atoms with Gasteiger partial charge >= 0.3 is 11.6 Å². The first-order valence-electron chi connectivity index (χ1n) is 10.0. The molecule has 0 radical (unpaired) electrons. The second kappa shape index (κ2) is 7.55. The van der Waals surface area contributed by atoms with E-state index in [-0.39, 0.29) is 18.4 Å². The van der Waals surface area contributed by atoms with Crippen LogP contribution in [-0.2, 0) is 25.7 Å². The van der Waals surface area contributed by atoms with Crippen LogP contribution in [-0.4, -0.2) is 28.7 Å². The number of esters is 1. The van der Waals surface area contributed by atoms with Crippen LogP contribution < -0.4 is 5.63 Å². The molecule has 1 fully saturated rings. The minimum absolute atomic E-state index is 0.154. The van der Waals surface area contributed by atoms with E-state index in [9.17, 15) is 19.2 Å². The number of aryl methyl sites for hydroxylation is 2. The molecular weight excluding hydrogens is 386 g/mol. The minimum atomic E-state index is -1.02. The van der Waals surface area contributed by atoms with Crippen LogP contribution in [0.15, 0.2) is 39.6 Å². The van der Waals surface area contributed by atoms with Crippen LogP contribution in [0.4, 0.5) is 0 Å². The number of ether oxygens (including phenoxy) is 1. The Bertz CT molecular complexity index is 1120. The van der Waals surface area contributed by atoms with Crippen LogP contribution in [0, 0.1) is 25.7 Å². The number of imide groups is 1. The summed E-state index contributed by atoms with van der Waals surface area (Å²) in [5, 5.41) is 0.684. The maximum absolute atomic E-state index is 12.7. The Morgan fingerprint density at radius 2 is 1.77 bits per heavy atom. The number of likely N-dealkylation sites (tertiary alicyclic amines) is 1. The van der Waals surface area contributed by atoms with Crippen LogP contribution in [0.25, 0.3) is 11.0 Å². The standard InChI is InChI=1S/C23H23NO6/c1-12-8-9-16-15(10-19(25)30-20(16)13(12)2)11-29-23(28)14(3)24-21(26)17-6-4-5-7-18(17)22(24)27/h4-5,8-10,14,17-18H,6-7,11H2,1-3H3/t14-,17+,18+/m0/s1. The number of fused-ring (bicyclic) bond motifs is 2. The van der Waals surface area contributed by atoms with Gasteiger partial charge in [0.05, 0.1) is 11.8 Å². The van der Waals surface area contributed by atoms with Crippen molar-refractivity contribution in [2.24, 2.45) is 11.8 Å². The zero-order chi connectivity index (χ0) is 21.6. The van der Waals surface area contributed by atoms with Crippen molar-refractivity contribution in [1.82, 2.24) is 4.90 Å². The lowest BCUT2D eigenvalue weighted by Gasteiger charge is -2.21. The molecule has 2 aliphatic rings. The number of hydrogen-bond donors (Lipinski definition) is 0. The first kappa shape index (κ1) is 20.1. The van der Waals surface area contributed by atoms with Crippen LogP contribution in [0.1, 0.15) is 36.5 Å². The van der Waals surface area contributed by atoms with Crippen molar-refractivity contribution >= 4 is 28.8 Å². The molecular formula is C23H23NO6. The lowest BCUT2D eigenvalue weighted by molar-refractivity contribution is -0.159. The Kier molecular flexibility index (Phi) is 5.05. The highest BCUT2D eigenvalue weighted by atomic mass is 16.5. The van der Waals surface area contributed by atoms with E-state index in [4.69, 9.17) is 9.15 Å². The fourth-order valence-corrected chi connectivity index (χ4v) is 4.23. The van der Waals surface area contributed by atoms with E-state index < -0.39 is 29.5 Å². The zero-order valence-corrected chi connectivity index (χ0v) is 17.1. The Labute approximate surface area is 173 Å². The summed E-state index contributed by atoms with van der Waals surface area (Å²) in [7, 11) is 0. The number of amides is 2. The van der Waals surface area contributed by atoms with Crippen LogP contribution in [0.5, 0.6) is 0 Å². The van der Waals surface area contributed by atoms with E-state index in [1.54, 1.807) is 0 Å². The fraction of sp³-hybridized carbons (Fsp3) is 0.391. The lowest BCUT2D eigenvalue weighted by Crippen LogP contribution is -2.44. The molecule has 0 unspecified atom stereocenters. The van der Waals surface area contributed by atoms with Gasteiger partial charge < -0.3 is 9.15 Å². The Morgan fingerprint density at radius 1 is 1.13 bits per heavy atom. The topological polar surface area (TPSA) is 93.9 Å². The molecule has 0 N–H and O–H groups in total. The molecule has 156 valence electrons. The number of rotatable bonds is 4. The number of allylic oxidation sites excluding steroid dienone is 2. The molecule has 4 rings (SSSR count). The highest BCUT2D eigenvalue weighted by molar-refractivity contribution is 6.08. The maximum atomic E-state index is 12.7. The fourth-order valence-electron chi connectivity index (χ4n) is 4.23. The maximum Gasteiger partial charge on any atom is 0.336 e. The number of nitrogens with zero attached hydrogens (tertiary/aromatic N) is 1. The molecule has 2 amide bonds. The van der Waals surface area contributed by atoms with Gasteiger partial charge in [0.25, 0.3) is 0 Å². The highest BCUT2D eigenvalue weighted by Gasteiger charge is 2.50. The first-order chi connectivity index (χ1) is 14.3. The quantitative estimate of drug-likeness (QED) is 0.334. The van der Waals surface area contributed by atoms with Crippen molar-refractivity contribution in [3.05, 3.63) is 57.5 Å². The van der Waals surface area contributed by atoms with Crippen molar-refractivity contribution in [2.75, 3.05) is 0 Å². The number of carbonyl (C=O) groups is 3. The summed E-state index contributed by atoms with van der Waals surface area (Å²) in [6.07, 6.45) is 4.82. The van der Waals surface area contributed by atoms with Gasteiger partial charge in [-0.2, -0.15) is 0 Å². The molecule has 30 heavy (non-hydrogen) atoms. The molecule has 3 atom stereocenters. The molecule has 1 aromatic carbocycles. The average molecular weight is 409 g/mol. The van der Waals surface area contributed by atoms with Gasteiger partial charge in [-0.05, 0) is 44.7 Å². The van der Waals surface area contributed by atoms with E-state index in [0.717, 1.165) is 16.0 Å². The predicted octanol–water partition coefficient (Wildman–Crippen LogP) is 2.79. The van der Waals surface area contributed by atoms with Gasteiger partial charge in [0.2, 0.25) is 11.8 Å². The van der Waals surface area contributed by atoms with Gasteiger partial charge in [-0.15, -0.1) is 0 Å². The number of hydrogen-bond acceptors (Lipinski definition) is 6. The summed E-state index contributed by atoms with van der Waals surface area (Å²) < 4.78 is 10.7. The second-order valence-electron chi connectivity index (χ2n) is 7.96. The van der Waals surface area contributed by atoms with E-state index in [2.05, 4.69) is 0 Å². The van der Waals surface area contributed by atoms with E-state index in [1.165, 1.54) is 13.0 Å². The molecule has 0 saturated carbocycles. The molecule has 1 saturated heterocycles. The Balaban J connectivity index is 1.53. The minimum Gasteiger partial charge on any atom is -0.459 e. The van der Waals surface area contributed by atoms with Gasteiger partial charge in [-0.1, -0.05) is 24.3 Å². The number of carbonyl (C=O) groups excluding carboxylic acids is 3. The smallest absolute Gasteiger partial charge is 0.336 e. The molecule has 7 heteroatoms. The summed E-state index contributed by atoms with van der Waals surface area (Å²) in [6, 6.07) is 3.99. The van der Waals surface area contributed by atoms with Crippen molar-refractivity contribution in [1.29, 1.82) is 0 Å². The van der Waals surface area contributed by atoms with Crippen molar-refractivity contribution < 1.29 is 23.5 Å².